The first-order chi connectivity index (χ1) is 5.47. The lowest BCUT2D eigenvalue weighted by atomic mass is 9.99. The fourth-order valence-corrected chi connectivity index (χ4v) is 0.830. The molecule has 0 aromatic carbocycles. The molecular formula is C5H6F3N3O. The highest BCUT2D eigenvalue weighted by Gasteiger charge is 2.43. The molecule has 1 rings (SSSR count). The molecule has 0 radical (unpaired) electrons. The van der Waals surface area contributed by atoms with Crippen molar-refractivity contribution in [1.82, 2.24) is 0 Å². The minimum absolute atomic E-state index is 0.737. The zero-order valence-corrected chi connectivity index (χ0v) is 5.91. The summed E-state index contributed by atoms with van der Waals surface area (Å²) in [6.07, 6.45) is -4.71. The van der Waals surface area contributed by atoms with Crippen molar-refractivity contribution in [3.63, 3.8) is 0 Å². The van der Waals surface area contributed by atoms with Crippen molar-refractivity contribution in [3.05, 3.63) is 0 Å². The molecule has 7 heteroatoms. The number of alkyl halides is 3. The van der Waals surface area contributed by atoms with Gasteiger partial charge in [-0.15, -0.1) is 5.10 Å². The van der Waals surface area contributed by atoms with E-state index in [0.29, 0.717) is 0 Å². The molecule has 0 aliphatic carbocycles. The lowest BCUT2D eigenvalue weighted by Crippen LogP contribution is -2.36. The molecule has 1 aliphatic rings. The van der Waals surface area contributed by atoms with E-state index in [0.717, 1.165) is 6.21 Å². The quantitative estimate of drug-likeness (QED) is 0.681. The molecule has 0 spiro atoms. The number of aliphatic hydroxyl groups excluding tert-OH is 1. The molecule has 0 aromatic heterocycles. The van der Waals surface area contributed by atoms with Crippen LogP contribution in [-0.4, -0.2) is 29.6 Å². The predicted molar refractivity (Wildman–Crippen MR) is 33.8 cm³/mol. The van der Waals surface area contributed by atoms with E-state index >= 15 is 0 Å². The molecule has 1 atom stereocenters. The van der Waals surface area contributed by atoms with E-state index in [9.17, 15) is 13.2 Å². The van der Waals surface area contributed by atoms with E-state index in [2.05, 4.69) is 15.4 Å². The third-order valence-corrected chi connectivity index (χ3v) is 1.37. The average molecular weight is 181 g/mol. The van der Waals surface area contributed by atoms with E-state index in [4.69, 9.17) is 5.11 Å². The first-order valence-electron chi connectivity index (χ1n) is 3.11. The maximum atomic E-state index is 11.9. The number of aliphatic hydroxyl groups is 1. The number of hydrogen-bond acceptors (Lipinski definition) is 4. The molecule has 0 amide bonds. The molecular weight excluding hydrogens is 175 g/mol. The standard InChI is InChI=1S/C5H6F3N3O/c6-5(7,8)1-4(3-12)2-9-11-10-4/h2,12H,1,3H2. The Bertz CT molecular complexity index is 210. The molecule has 0 bridgehead atoms. The van der Waals surface area contributed by atoms with Gasteiger partial charge in [0, 0.05) is 0 Å². The Morgan fingerprint density at radius 2 is 2.08 bits per heavy atom. The van der Waals surface area contributed by atoms with Crippen molar-refractivity contribution in [3.8, 4) is 0 Å². The van der Waals surface area contributed by atoms with Gasteiger partial charge in [-0.05, 0) is 5.22 Å². The molecule has 1 unspecified atom stereocenters. The van der Waals surface area contributed by atoms with Gasteiger partial charge in [0.2, 0.25) is 0 Å². The maximum absolute atomic E-state index is 11.9. The molecule has 4 nitrogen and oxygen atoms in total. The van der Waals surface area contributed by atoms with Gasteiger partial charge in [0.05, 0.1) is 19.2 Å². The van der Waals surface area contributed by atoms with Gasteiger partial charge in [-0.2, -0.15) is 18.3 Å². The highest BCUT2D eigenvalue weighted by atomic mass is 19.4. The largest absolute Gasteiger partial charge is 0.393 e. The minimum atomic E-state index is -4.38. The Morgan fingerprint density at radius 1 is 1.42 bits per heavy atom. The Labute approximate surface area is 65.8 Å². The van der Waals surface area contributed by atoms with Gasteiger partial charge in [-0.3, -0.25) is 0 Å². The van der Waals surface area contributed by atoms with Crippen molar-refractivity contribution >= 4 is 6.21 Å². The SMILES string of the molecule is OCC1(CC(F)(F)F)C=NN=N1. The van der Waals surface area contributed by atoms with Gasteiger partial charge in [-0.25, -0.2) is 0 Å². The van der Waals surface area contributed by atoms with E-state index in [1.165, 1.54) is 0 Å². The van der Waals surface area contributed by atoms with Gasteiger partial charge in [0.25, 0.3) is 0 Å². The van der Waals surface area contributed by atoms with Crippen LogP contribution < -0.4 is 0 Å². The van der Waals surface area contributed by atoms with Gasteiger partial charge in [-0.1, -0.05) is 0 Å². The van der Waals surface area contributed by atoms with Gasteiger partial charge >= 0.3 is 6.18 Å². The van der Waals surface area contributed by atoms with E-state index in [1.54, 1.807) is 0 Å². The van der Waals surface area contributed by atoms with Crippen LogP contribution >= 0.6 is 0 Å². The van der Waals surface area contributed by atoms with Crippen LogP contribution in [0.5, 0.6) is 0 Å². The van der Waals surface area contributed by atoms with Crippen molar-refractivity contribution in [1.29, 1.82) is 0 Å². The Morgan fingerprint density at radius 3 is 2.42 bits per heavy atom. The third-order valence-electron chi connectivity index (χ3n) is 1.37. The van der Waals surface area contributed by atoms with Crippen LogP contribution in [-0.2, 0) is 0 Å². The van der Waals surface area contributed by atoms with Crippen LogP contribution in [0.3, 0.4) is 0 Å². The molecule has 0 fully saturated rings. The van der Waals surface area contributed by atoms with Crippen molar-refractivity contribution in [2.45, 2.75) is 18.1 Å². The highest BCUT2D eigenvalue weighted by molar-refractivity contribution is 5.71. The summed E-state index contributed by atoms with van der Waals surface area (Å²) in [7, 11) is 0. The van der Waals surface area contributed by atoms with Gasteiger partial charge in [0.15, 0.2) is 5.54 Å². The Hall–Kier alpha value is -0.980. The van der Waals surface area contributed by atoms with Gasteiger partial charge < -0.3 is 5.11 Å². The van der Waals surface area contributed by atoms with Crippen LogP contribution in [0.2, 0.25) is 0 Å². The highest BCUT2D eigenvalue weighted by Crippen LogP contribution is 2.30. The number of nitrogens with zero attached hydrogens (tertiary/aromatic N) is 3. The lowest BCUT2D eigenvalue weighted by molar-refractivity contribution is -0.144. The summed E-state index contributed by atoms with van der Waals surface area (Å²) >= 11 is 0. The molecule has 1 aliphatic heterocycles. The van der Waals surface area contributed by atoms with Crippen LogP contribution in [0, 0.1) is 0 Å². The molecule has 0 aromatic rings. The van der Waals surface area contributed by atoms with Crippen LogP contribution in [0.1, 0.15) is 6.42 Å². The normalized spacial score (nSPS) is 28.3. The summed E-state index contributed by atoms with van der Waals surface area (Å²) in [4.78, 5) is 0. The molecule has 0 saturated heterocycles. The molecule has 0 saturated carbocycles. The summed E-state index contributed by atoms with van der Waals surface area (Å²) in [6.45, 7) is -0.737. The second-order valence-electron chi connectivity index (χ2n) is 2.49. The van der Waals surface area contributed by atoms with Crippen molar-refractivity contribution in [2.24, 2.45) is 15.4 Å². The fourth-order valence-electron chi connectivity index (χ4n) is 0.830. The number of halogens is 3. The van der Waals surface area contributed by atoms with Gasteiger partial charge in [0.1, 0.15) is 0 Å². The minimum Gasteiger partial charge on any atom is -0.393 e. The Kier molecular flexibility index (Phi) is 2.14. The molecule has 1 N–H and O–H groups in total. The number of hydrogen-bond donors (Lipinski definition) is 1. The van der Waals surface area contributed by atoms with Crippen LogP contribution in [0.4, 0.5) is 13.2 Å². The summed E-state index contributed by atoms with van der Waals surface area (Å²) in [5.41, 5.74) is -1.68. The summed E-state index contributed by atoms with van der Waals surface area (Å²) in [5.74, 6) is 0. The van der Waals surface area contributed by atoms with E-state index in [1.807, 2.05) is 0 Å². The van der Waals surface area contributed by atoms with E-state index in [-0.39, 0.29) is 0 Å². The predicted octanol–water partition coefficient (Wildman–Crippen LogP) is 1.12. The molecule has 12 heavy (non-hydrogen) atoms. The second-order valence-corrected chi connectivity index (χ2v) is 2.49. The smallest absolute Gasteiger partial charge is 0.391 e. The van der Waals surface area contributed by atoms with Crippen LogP contribution in [0.25, 0.3) is 0 Å². The summed E-state index contributed by atoms with van der Waals surface area (Å²) < 4.78 is 35.6. The van der Waals surface area contributed by atoms with E-state index < -0.39 is 24.7 Å². The zero-order chi connectivity index (χ0) is 9.24. The maximum Gasteiger partial charge on any atom is 0.391 e. The monoisotopic (exact) mass is 181 g/mol. The molecule has 68 valence electrons. The summed E-state index contributed by atoms with van der Waals surface area (Å²) in [6, 6.07) is 0. The summed E-state index contributed by atoms with van der Waals surface area (Å²) in [5, 5.41) is 18.0. The Balaban J connectivity index is 2.70. The lowest BCUT2D eigenvalue weighted by Gasteiger charge is -2.19. The fraction of sp³-hybridized carbons (Fsp3) is 0.800. The topological polar surface area (TPSA) is 57.3 Å². The zero-order valence-electron chi connectivity index (χ0n) is 5.91. The third kappa shape index (κ3) is 2.00. The average Bonchev–Trinajstić information content (AvgIpc) is 2.34. The van der Waals surface area contributed by atoms with Crippen molar-refractivity contribution < 1.29 is 18.3 Å². The van der Waals surface area contributed by atoms with Crippen molar-refractivity contribution in [2.75, 3.05) is 6.61 Å². The van der Waals surface area contributed by atoms with Crippen LogP contribution in [0.15, 0.2) is 15.4 Å². The number of rotatable bonds is 2. The first-order valence-corrected chi connectivity index (χ1v) is 3.11. The second kappa shape index (κ2) is 2.81. The first kappa shape index (κ1) is 9.11. The molecule has 1 heterocycles.